The largest absolute Gasteiger partial charge is 0.481 e. The number of nitrogens with one attached hydrogen (secondary N) is 1. The van der Waals surface area contributed by atoms with E-state index >= 15 is 0 Å². The van der Waals surface area contributed by atoms with Crippen molar-refractivity contribution in [3.63, 3.8) is 0 Å². The molecule has 1 fully saturated rings. The van der Waals surface area contributed by atoms with Crippen LogP contribution in [-0.4, -0.2) is 24.5 Å². The summed E-state index contributed by atoms with van der Waals surface area (Å²) in [5.74, 6) is 0.656. The highest BCUT2D eigenvalue weighted by Gasteiger charge is 2.21. The molecule has 0 unspecified atom stereocenters. The Hall–Kier alpha value is -2.82. The van der Waals surface area contributed by atoms with Crippen LogP contribution in [0.25, 0.3) is 0 Å². The van der Waals surface area contributed by atoms with E-state index in [9.17, 15) is 9.59 Å². The van der Waals surface area contributed by atoms with Crippen LogP contribution in [0.4, 0.5) is 11.4 Å². The summed E-state index contributed by atoms with van der Waals surface area (Å²) in [5, 5.41) is 2.86. The molecule has 0 bridgehead atoms. The number of anilines is 2. The van der Waals surface area contributed by atoms with E-state index in [2.05, 4.69) is 5.32 Å². The lowest BCUT2D eigenvalue weighted by Crippen LogP contribution is -2.30. The van der Waals surface area contributed by atoms with Gasteiger partial charge in [-0.25, -0.2) is 0 Å². The monoisotopic (exact) mass is 352 g/mol. The van der Waals surface area contributed by atoms with E-state index in [4.69, 9.17) is 4.74 Å². The van der Waals surface area contributed by atoms with E-state index in [1.807, 2.05) is 56.3 Å². The number of nitrogens with zero attached hydrogens (tertiary/aromatic N) is 1. The van der Waals surface area contributed by atoms with E-state index in [-0.39, 0.29) is 11.8 Å². The second kappa shape index (κ2) is 7.60. The molecule has 0 saturated carbocycles. The summed E-state index contributed by atoms with van der Waals surface area (Å²) >= 11 is 0. The van der Waals surface area contributed by atoms with Crippen LogP contribution in [0.15, 0.2) is 42.5 Å². The standard InChI is InChI=1S/C21H24N2O3/c1-14-6-7-15(2)19(13-14)26-16(3)21(25)22-17-8-10-18(11-9-17)23-12-4-5-20(23)24/h6-11,13,16H,4-5,12H2,1-3H3,(H,22,25)/t16-/m1/s1. The zero-order valence-electron chi connectivity index (χ0n) is 15.4. The predicted molar refractivity (Wildman–Crippen MR) is 103 cm³/mol. The lowest BCUT2D eigenvalue weighted by Gasteiger charge is -2.18. The molecule has 3 rings (SSSR count). The van der Waals surface area contributed by atoms with Crippen molar-refractivity contribution < 1.29 is 14.3 Å². The van der Waals surface area contributed by atoms with Gasteiger partial charge in [0.15, 0.2) is 6.10 Å². The van der Waals surface area contributed by atoms with Crippen LogP contribution in [0.1, 0.15) is 30.9 Å². The summed E-state index contributed by atoms with van der Waals surface area (Å²) in [6.45, 7) is 6.43. The molecule has 1 N–H and O–H groups in total. The molecule has 1 aliphatic heterocycles. The molecule has 5 heteroatoms. The molecule has 136 valence electrons. The minimum absolute atomic E-state index is 0.150. The molecule has 1 aliphatic rings. The van der Waals surface area contributed by atoms with E-state index < -0.39 is 6.10 Å². The van der Waals surface area contributed by atoms with Gasteiger partial charge in [-0.2, -0.15) is 0 Å². The van der Waals surface area contributed by atoms with Gasteiger partial charge in [0, 0.05) is 24.3 Å². The van der Waals surface area contributed by atoms with E-state index in [1.54, 1.807) is 11.8 Å². The second-order valence-electron chi connectivity index (χ2n) is 6.71. The van der Waals surface area contributed by atoms with Crippen LogP contribution in [0.2, 0.25) is 0 Å². The zero-order chi connectivity index (χ0) is 18.7. The third-order valence-corrected chi connectivity index (χ3v) is 4.54. The van der Waals surface area contributed by atoms with Gasteiger partial charge in [0.25, 0.3) is 5.91 Å². The van der Waals surface area contributed by atoms with Gasteiger partial charge in [0.2, 0.25) is 5.91 Å². The summed E-state index contributed by atoms with van der Waals surface area (Å²) < 4.78 is 5.81. The van der Waals surface area contributed by atoms with Gasteiger partial charge in [-0.1, -0.05) is 12.1 Å². The lowest BCUT2D eigenvalue weighted by atomic mass is 10.1. The quantitative estimate of drug-likeness (QED) is 0.889. The molecular formula is C21H24N2O3. The Balaban J connectivity index is 1.62. The lowest BCUT2D eigenvalue weighted by molar-refractivity contribution is -0.122. The summed E-state index contributed by atoms with van der Waals surface area (Å²) in [6.07, 6.45) is 0.881. The number of benzene rings is 2. The first kappa shape index (κ1) is 18.0. The van der Waals surface area contributed by atoms with E-state index in [0.717, 1.165) is 35.5 Å². The zero-order valence-corrected chi connectivity index (χ0v) is 15.4. The van der Waals surface area contributed by atoms with Gasteiger partial charge in [-0.15, -0.1) is 0 Å². The van der Waals surface area contributed by atoms with Crippen LogP contribution in [-0.2, 0) is 9.59 Å². The van der Waals surface area contributed by atoms with Crippen LogP contribution in [0.3, 0.4) is 0 Å². The minimum Gasteiger partial charge on any atom is -0.481 e. The molecule has 2 aromatic rings. The molecule has 0 aromatic heterocycles. The van der Waals surface area contributed by atoms with Crippen molar-refractivity contribution in [2.75, 3.05) is 16.8 Å². The van der Waals surface area contributed by atoms with Crippen molar-refractivity contribution in [2.24, 2.45) is 0 Å². The number of ether oxygens (including phenoxy) is 1. The van der Waals surface area contributed by atoms with E-state index in [0.29, 0.717) is 12.1 Å². The Morgan fingerprint density at radius 2 is 1.88 bits per heavy atom. The maximum Gasteiger partial charge on any atom is 0.265 e. The number of amides is 2. The Morgan fingerprint density at radius 1 is 1.15 bits per heavy atom. The average Bonchev–Trinajstić information content (AvgIpc) is 3.04. The first-order chi connectivity index (χ1) is 12.4. The minimum atomic E-state index is -0.615. The first-order valence-corrected chi connectivity index (χ1v) is 8.89. The van der Waals surface area contributed by atoms with Crippen molar-refractivity contribution in [3.8, 4) is 5.75 Å². The number of aryl methyl sites for hydroxylation is 2. The maximum atomic E-state index is 12.4. The van der Waals surface area contributed by atoms with Crippen LogP contribution >= 0.6 is 0 Å². The Bertz CT molecular complexity index is 815. The fourth-order valence-corrected chi connectivity index (χ4v) is 2.97. The molecular weight excluding hydrogens is 328 g/mol. The number of hydrogen-bond acceptors (Lipinski definition) is 3. The van der Waals surface area contributed by atoms with Gasteiger partial charge < -0.3 is 15.0 Å². The number of carbonyl (C=O) groups is 2. The number of rotatable bonds is 5. The first-order valence-electron chi connectivity index (χ1n) is 8.89. The van der Waals surface area contributed by atoms with Gasteiger partial charge in [0.1, 0.15) is 5.75 Å². The molecule has 1 saturated heterocycles. The molecule has 26 heavy (non-hydrogen) atoms. The molecule has 0 radical (unpaired) electrons. The molecule has 0 aliphatic carbocycles. The summed E-state index contributed by atoms with van der Waals surface area (Å²) in [4.78, 5) is 26.0. The fourth-order valence-electron chi connectivity index (χ4n) is 2.97. The highest BCUT2D eigenvalue weighted by atomic mass is 16.5. The van der Waals surface area contributed by atoms with Crippen LogP contribution < -0.4 is 15.0 Å². The molecule has 0 spiro atoms. The molecule has 2 amide bonds. The average molecular weight is 352 g/mol. The smallest absolute Gasteiger partial charge is 0.265 e. The maximum absolute atomic E-state index is 12.4. The van der Waals surface area contributed by atoms with Gasteiger partial charge in [-0.3, -0.25) is 9.59 Å². The Labute approximate surface area is 154 Å². The topological polar surface area (TPSA) is 58.6 Å². The van der Waals surface area contributed by atoms with Crippen molar-refractivity contribution in [3.05, 3.63) is 53.6 Å². The van der Waals surface area contributed by atoms with Crippen LogP contribution in [0.5, 0.6) is 5.75 Å². The highest BCUT2D eigenvalue weighted by molar-refractivity contribution is 5.96. The Morgan fingerprint density at radius 3 is 2.54 bits per heavy atom. The van der Waals surface area contributed by atoms with Gasteiger partial charge in [0.05, 0.1) is 0 Å². The fraction of sp³-hybridized carbons (Fsp3) is 0.333. The van der Waals surface area contributed by atoms with Gasteiger partial charge in [-0.05, 0) is 68.7 Å². The highest BCUT2D eigenvalue weighted by Crippen LogP contribution is 2.24. The molecule has 1 atom stereocenters. The molecule has 1 heterocycles. The summed E-state index contributed by atoms with van der Waals surface area (Å²) in [6, 6.07) is 13.3. The van der Waals surface area contributed by atoms with Crippen molar-refractivity contribution >= 4 is 23.2 Å². The predicted octanol–water partition coefficient (Wildman–Crippen LogP) is 3.84. The normalized spacial score (nSPS) is 15.0. The number of hydrogen-bond donors (Lipinski definition) is 1. The molecule has 2 aromatic carbocycles. The van der Waals surface area contributed by atoms with Crippen molar-refractivity contribution in [1.82, 2.24) is 0 Å². The Kier molecular flexibility index (Phi) is 5.26. The SMILES string of the molecule is Cc1ccc(C)c(O[C@H](C)C(=O)Nc2ccc(N3CCCC3=O)cc2)c1. The molecule has 5 nitrogen and oxygen atoms in total. The number of carbonyl (C=O) groups excluding carboxylic acids is 2. The summed E-state index contributed by atoms with van der Waals surface area (Å²) in [7, 11) is 0. The van der Waals surface area contributed by atoms with E-state index in [1.165, 1.54) is 0 Å². The van der Waals surface area contributed by atoms with Gasteiger partial charge >= 0.3 is 0 Å². The van der Waals surface area contributed by atoms with Crippen molar-refractivity contribution in [1.29, 1.82) is 0 Å². The summed E-state index contributed by atoms with van der Waals surface area (Å²) in [5.41, 5.74) is 3.63. The second-order valence-corrected chi connectivity index (χ2v) is 6.71. The third-order valence-electron chi connectivity index (χ3n) is 4.54. The third kappa shape index (κ3) is 4.04. The van der Waals surface area contributed by atoms with Crippen molar-refractivity contribution in [2.45, 2.75) is 39.7 Å². The van der Waals surface area contributed by atoms with Crippen LogP contribution in [0, 0.1) is 13.8 Å².